The summed E-state index contributed by atoms with van der Waals surface area (Å²) in [5.41, 5.74) is 1.25. The van der Waals surface area contributed by atoms with E-state index in [1.54, 1.807) is 24.4 Å². The molecule has 1 aromatic heterocycles. The first-order chi connectivity index (χ1) is 9.59. The molecule has 0 unspecified atom stereocenters. The van der Waals surface area contributed by atoms with Gasteiger partial charge in [-0.15, -0.1) is 0 Å². The van der Waals surface area contributed by atoms with E-state index in [1.807, 2.05) is 37.1 Å². The summed E-state index contributed by atoms with van der Waals surface area (Å²) in [5.74, 6) is -0.376. The summed E-state index contributed by atoms with van der Waals surface area (Å²) in [6, 6.07) is 12.1. The average Bonchev–Trinajstić information content (AvgIpc) is 2.47. The van der Waals surface area contributed by atoms with E-state index < -0.39 is 6.10 Å². The molecule has 2 atom stereocenters. The van der Waals surface area contributed by atoms with Crippen molar-refractivity contribution in [3.63, 3.8) is 0 Å². The Kier molecular flexibility index (Phi) is 4.82. The number of benzene rings is 1. The van der Waals surface area contributed by atoms with Crippen molar-refractivity contribution in [2.45, 2.75) is 19.1 Å². The summed E-state index contributed by atoms with van der Waals surface area (Å²) in [5, 5.41) is 10.2. The summed E-state index contributed by atoms with van der Waals surface area (Å²) in [4.78, 5) is 6.26. The number of likely N-dealkylation sites (N-methyl/N-ethyl adjacent to an activating group) is 1. The largest absolute Gasteiger partial charge is 0.387 e. The monoisotopic (exact) mass is 274 g/mol. The van der Waals surface area contributed by atoms with Crippen LogP contribution in [0.2, 0.25) is 0 Å². The van der Waals surface area contributed by atoms with E-state index in [9.17, 15) is 9.50 Å². The van der Waals surface area contributed by atoms with Gasteiger partial charge < -0.3 is 5.11 Å². The molecule has 0 saturated heterocycles. The van der Waals surface area contributed by atoms with Crippen molar-refractivity contribution >= 4 is 0 Å². The number of nitrogens with zero attached hydrogens (tertiary/aromatic N) is 2. The van der Waals surface area contributed by atoms with Crippen LogP contribution in [0.15, 0.2) is 48.7 Å². The lowest BCUT2D eigenvalue weighted by Gasteiger charge is -2.26. The summed E-state index contributed by atoms with van der Waals surface area (Å²) in [6.07, 6.45) is 0.889. The zero-order valence-corrected chi connectivity index (χ0v) is 11.7. The predicted octanol–water partition coefficient (Wildman–Crippen LogP) is 2.95. The van der Waals surface area contributed by atoms with Crippen LogP contribution >= 0.6 is 0 Å². The molecule has 3 nitrogen and oxygen atoms in total. The maximum Gasteiger partial charge on any atom is 0.129 e. The Labute approximate surface area is 118 Å². The summed E-state index contributed by atoms with van der Waals surface area (Å²) in [7, 11) is 1.89. The maximum atomic E-state index is 13.6. The van der Waals surface area contributed by atoms with Gasteiger partial charge in [0.2, 0.25) is 0 Å². The van der Waals surface area contributed by atoms with Crippen LogP contribution in [0.1, 0.15) is 30.3 Å². The van der Waals surface area contributed by atoms with Crippen LogP contribution in [0.4, 0.5) is 4.39 Å². The van der Waals surface area contributed by atoms with E-state index in [1.165, 1.54) is 6.07 Å². The lowest BCUT2D eigenvalue weighted by molar-refractivity contribution is 0.104. The molecule has 0 aliphatic carbocycles. The average molecular weight is 274 g/mol. The van der Waals surface area contributed by atoms with Crippen molar-refractivity contribution in [1.29, 1.82) is 0 Å². The first kappa shape index (κ1) is 14.6. The molecule has 0 radical (unpaired) electrons. The quantitative estimate of drug-likeness (QED) is 0.910. The van der Waals surface area contributed by atoms with Gasteiger partial charge in [-0.1, -0.05) is 24.3 Å². The predicted molar refractivity (Wildman–Crippen MR) is 76.6 cm³/mol. The molecular weight excluding hydrogens is 255 g/mol. The molecule has 2 aromatic rings. The highest BCUT2D eigenvalue weighted by molar-refractivity contribution is 5.20. The van der Waals surface area contributed by atoms with Gasteiger partial charge in [-0.2, -0.15) is 0 Å². The van der Waals surface area contributed by atoms with Crippen LogP contribution in [-0.2, 0) is 0 Å². The highest BCUT2D eigenvalue weighted by Gasteiger charge is 2.19. The number of hydrogen-bond donors (Lipinski definition) is 1. The standard InChI is InChI=1S/C16H19FN2O/c1-12(15-9-5-6-10-18-15)19(2)11-16(20)13-7-3-4-8-14(13)17/h3-10,12,16,20H,11H2,1-2H3/t12-,16-/m1/s1. The Bertz CT molecular complexity index is 547. The molecule has 0 saturated carbocycles. The van der Waals surface area contributed by atoms with Gasteiger partial charge in [-0.05, 0) is 32.2 Å². The SMILES string of the molecule is C[C@H](c1ccccn1)N(C)C[C@@H](O)c1ccccc1F. The minimum Gasteiger partial charge on any atom is -0.387 e. The summed E-state index contributed by atoms with van der Waals surface area (Å²) < 4.78 is 13.6. The number of aromatic nitrogens is 1. The lowest BCUT2D eigenvalue weighted by atomic mass is 10.1. The Morgan fingerprint density at radius 1 is 1.20 bits per heavy atom. The van der Waals surface area contributed by atoms with Gasteiger partial charge in [-0.3, -0.25) is 9.88 Å². The first-order valence-corrected chi connectivity index (χ1v) is 6.63. The zero-order valence-electron chi connectivity index (χ0n) is 11.7. The van der Waals surface area contributed by atoms with Crippen molar-refractivity contribution < 1.29 is 9.50 Å². The van der Waals surface area contributed by atoms with Crippen LogP contribution in [0.3, 0.4) is 0 Å². The van der Waals surface area contributed by atoms with Crippen LogP contribution in [-0.4, -0.2) is 28.6 Å². The fraction of sp³-hybridized carbons (Fsp3) is 0.312. The van der Waals surface area contributed by atoms with E-state index in [4.69, 9.17) is 0 Å². The van der Waals surface area contributed by atoms with Crippen molar-refractivity contribution in [3.8, 4) is 0 Å². The molecule has 0 amide bonds. The smallest absolute Gasteiger partial charge is 0.129 e. The van der Waals surface area contributed by atoms with Crippen molar-refractivity contribution in [2.75, 3.05) is 13.6 Å². The van der Waals surface area contributed by atoms with Gasteiger partial charge in [0.05, 0.1) is 11.8 Å². The van der Waals surface area contributed by atoms with E-state index in [-0.39, 0.29) is 11.9 Å². The Morgan fingerprint density at radius 2 is 1.90 bits per heavy atom. The van der Waals surface area contributed by atoms with Gasteiger partial charge >= 0.3 is 0 Å². The molecule has 2 rings (SSSR count). The maximum absolute atomic E-state index is 13.6. The van der Waals surface area contributed by atoms with Crippen molar-refractivity contribution in [3.05, 3.63) is 65.7 Å². The van der Waals surface area contributed by atoms with E-state index >= 15 is 0 Å². The van der Waals surface area contributed by atoms with Gasteiger partial charge in [-0.25, -0.2) is 4.39 Å². The number of hydrogen-bond acceptors (Lipinski definition) is 3. The molecular formula is C16H19FN2O. The fourth-order valence-electron chi connectivity index (χ4n) is 2.12. The second kappa shape index (κ2) is 6.59. The van der Waals surface area contributed by atoms with Crippen molar-refractivity contribution in [2.24, 2.45) is 0 Å². The van der Waals surface area contributed by atoms with Gasteiger partial charge in [0, 0.05) is 24.3 Å². The van der Waals surface area contributed by atoms with E-state index in [2.05, 4.69) is 4.98 Å². The van der Waals surface area contributed by atoms with Gasteiger partial charge in [0.1, 0.15) is 5.82 Å². The highest BCUT2D eigenvalue weighted by atomic mass is 19.1. The molecule has 4 heteroatoms. The third-order valence-electron chi connectivity index (χ3n) is 3.50. The molecule has 1 heterocycles. The molecule has 106 valence electrons. The third kappa shape index (κ3) is 3.40. The Balaban J connectivity index is 2.04. The molecule has 0 fully saturated rings. The molecule has 0 aliphatic heterocycles. The molecule has 20 heavy (non-hydrogen) atoms. The minimum atomic E-state index is -0.854. The Morgan fingerprint density at radius 3 is 2.55 bits per heavy atom. The Hall–Kier alpha value is -1.78. The number of halogens is 1. The number of pyridine rings is 1. The van der Waals surface area contributed by atoms with Crippen molar-refractivity contribution in [1.82, 2.24) is 9.88 Å². The van der Waals surface area contributed by atoms with Crippen LogP contribution in [0, 0.1) is 5.82 Å². The lowest BCUT2D eigenvalue weighted by Crippen LogP contribution is -2.28. The van der Waals surface area contributed by atoms with Gasteiger partial charge in [0.25, 0.3) is 0 Å². The second-order valence-corrected chi connectivity index (χ2v) is 4.91. The second-order valence-electron chi connectivity index (χ2n) is 4.91. The minimum absolute atomic E-state index is 0.0534. The molecule has 0 spiro atoms. The fourth-order valence-corrected chi connectivity index (χ4v) is 2.12. The zero-order chi connectivity index (χ0) is 14.5. The van der Waals surface area contributed by atoms with Crippen LogP contribution in [0.5, 0.6) is 0 Å². The van der Waals surface area contributed by atoms with Crippen LogP contribution < -0.4 is 0 Å². The molecule has 1 N–H and O–H groups in total. The van der Waals surface area contributed by atoms with E-state index in [0.29, 0.717) is 12.1 Å². The van der Waals surface area contributed by atoms with Crippen LogP contribution in [0.25, 0.3) is 0 Å². The number of rotatable bonds is 5. The topological polar surface area (TPSA) is 36.4 Å². The number of aliphatic hydroxyl groups is 1. The third-order valence-corrected chi connectivity index (χ3v) is 3.50. The summed E-state index contributed by atoms with van der Waals surface area (Å²) in [6.45, 7) is 2.36. The summed E-state index contributed by atoms with van der Waals surface area (Å²) >= 11 is 0. The molecule has 1 aromatic carbocycles. The van der Waals surface area contributed by atoms with Gasteiger partial charge in [0.15, 0.2) is 0 Å². The molecule has 0 bridgehead atoms. The highest BCUT2D eigenvalue weighted by Crippen LogP contribution is 2.22. The number of aliphatic hydroxyl groups excluding tert-OH is 1. The molecule has 0 aliphatic rings. The normalized spacial score (nSPS) is 14.2. The van der Waals surface area contributed by atoms with E-state index in [0.717, 1.165) is 5.69 Å². The first-order valence-electron chi connectivity index (χ1n) is 6.63.